The van der Waals surface area contributed by atoms with E-state index < -0.39 is 10.0 Å². The molecule has 5 rings (SSSR count). The third-order valence-electron chi connectivity index (χ3n) is 5.40. The molecule has 154 valence electrons. The van der Waals surface area contributed by atoms with Crippen molar-refractivity contribution in [1.29, 1.82) is 0 Å². The SMILES string of the molecule is Cc1cc2nc(N3CCN(S(=O)(=O)c4ccc(Cl)cc4)CC3)c3ccccc3n2n1. The van der Waals surface area contributed by atoms with Crippen molar-refractivity contribution in [2.75, 3.05) is 31.1 Å². The van der Waals surface area contributed by atoms with Crippen LogP contribution in [-0.2, 0) is 10.0 Å². The van der Waals surface area contributed by atoms with Crippen LogP contribution >= 0.6 is 11.6 Å². The van der Waals surface area contributed by atoms with Crippen LogP contribution in [0.4, 0.5) is 5.82 Å². The molecule has 3 heterocycles. The summed E-state index contributed by atoms with van der Waals surface area (Å²) in [6.45, 7) is 3.86. The summed E-state index contributed by atoms with van der Waals surface area (Å²) in [4.78, 5) is 7.26. The average molecular weight is 442 g/mol. The van der Waals surface area contributed by atoms with E-state index in [2.05, 4.69) is 10.00 Å². The lowest BCUT2D eigenvalue weighted by atomic mass is 10.2. The zero-order valence-corrected chi connectivity index (χ0v) is 17.9. The number of benzene rings is 2. The molecule has 0 aliphatic carbocycles. The zero-order chi connectivity index (χ0) is 20.9. The summed E-state index contributed by atoms with van der Waals surface area (Å²) in [6, 6.07) is 16.3. The van der Waals surface area contributed by atoms with E-state index in [0.717, 1.165) is 28.1 Å². The number of aryl methyl sites for hydroxylation is 1. The van der Waals surface area contributed by atoms with Crippen molar-refractivity contribution >= 4 is 44.0 Å². The number of fused-ring (bicyclic) bond motifs is 3. The Morgan fingerprint density at radius 3 is 2.40 bits per heavy atom. The van der Waals surface area contributed by atoms with E-state index in [9.17, 15) is 8.42 Å². The van der Waals surface area contributed by atoms with E-state index in [4.69, 9.17) is 16.6 Å². The van der Waals surface area contributed by atoms with Gasteiger partial charge in [-0.1, -0.05) is 23.7 Å². The molecular weight excluding hydrogens is 422 g/mol. The summed E-state index contributed by atoms with van der Waals surface area (Å²) in [7, 11) is -3.54. The van der Waals surface area contributed by atoms with Crippen molar-refractivity contribution in [2.24, 2.45) is 0 Å². The summed E-state index contributed by atoms with van der Waals surface area (Å²) in [5.41, 5.74) is 2.68. The summed E-state index contributed by atoms with van der Waals surface area (Å²) in [5, 5.41) is 6.07. The molecule has 2 aromatic heterocycles. The smallest absolute Gasteiger partial charge is 0.243 e. The van der Waals surface area contributed by atoms with E-state index >= 15 is 0 Å². The van der Waals surface area contributed by atoms with E-state index in [1.807, 2.05) is 41.8 Å². The van der Waals surface area contributed by atoms with E-state index in [1.165, 1.54) is 4.31 Å². The highest BCUT2D eigenvalue weighted by molar-refractivity contribution is 7.89. The number of sulfonamides is 1. The molecule has 1 saturated heterocycles. The molecule has 1 fully saturated rings. The zero-order valence-electron chi connectivity index (χ0n) is 16.4. The molecule has 0 saturated carbocycles. The number of rotatable bonds is 3. The van der Waals surface area contributed by atoms with Crippen molar-refractivity contribution in [1.82, 2.24) is 18.9 Å². The quantitative estimate of drug-likeness (QED) is 0.487. The molecule has 0 amide bonds. The third-order valence-corrected chi connectivity index (χ3v) is 7.56. The van der Waals surface area contributed by atoms with E-state index in [1.54, 1.807) is 24.3 Å². The van der Waals surface area contributed by atoms with E-state index in [-0.39, 0.29) is 4.90 Å². The van der Waals surface area contributed by atoms with Crippen LogP contribution < -0.4 is 4.90 Å². The van der Waals surface area contributed by atoms with Crippen LogP contribution in [0.1, 0.15) is 5.69 Å². The monoisotopic (exact) mass is 441 g/mol. The highest BCUT2D eigenvalue weighted by atomic mass is 35.5. The molecule has 2 aromatic carbocycles. The van der Waals surface area contributed by atoms with Gasteiger partial charge in [-0.2, -0.15) is 9.40 Å². The molecule has 0 bridgehead atoms. The molecule has 0 N–H and O–H groups in total. The fourth-order valence-corrected chi connectivity index (χ4v) is 5.44. The molecule has 30 heavy (non-hydrogen) atoms. The molecule has 0 unspecified atom stereocenters. The molecule has 7 nitrogen and oxygen atoms in total. The Balaban J connectivity index is 1.45. The molecular formula is C21H20ClN5O2S. The van der Waals surface area contributed by atoms with Gasteiger partial charge in [-0.05, 0) is 43.3 Å². The second-order valence-electron chi connectivity index (χ2n) is 7.35. The molecule has 0 atom stereocenters. The Bertz CT molecular complexity index is 1340. The van der Waals surface area contributed by atoms with Gasteiger partial charge in [0.2, 0.25) is 10.0 Å². The molecule has 0 spiro atoms. The topological polar surface area (TPSA) is 70.8 Å². The first kappa shape index (κ1) is 19.3. The largest absolute Gasteiger partial charge is 0.353 e. The predicted molar refractivity (Wildman–Crippen MR) is 118 cm³/mol. The number of para-hydroxylation sites is 1. The highest BCUT2D eigenvalue weighted by Crippen LogP contribution is 2.28. The molecule has 0 radical (unpaired) electrons. The molecule has 9 heteroatoms. The number of halogens is 1. The van der Waals surface area contributed by atoms with Crippen LogP contribution in [0.3, 0.4) is 0 Å². The van der Waals surface area contributed by atoms with Crippen molar-refractivity contribution in [3.63, 3.8) is 0 Å². The number of hydrogen-bond acceptors (Lipinski definition) is 5. The molecule has 1 aliphatic rings. The first-order chi connectivity index (χ1) is 14.4. The van der Waals surface area contributed by atoms with Gasteiger partial charge in [0, 0.05) is 42.7 Å². The molecule has 1 aliphatic heterocycles. The van der Waals surface area contributed by atoms with Gasteiger partial charge in [-0.25, -0.2) is 17.9 Å². The second-order valence-corrected chi connectivity index (χ2v) is 9.73. The van der Waals surface area contributed by atoms with Crippen LogP contribution in [0.2, 0.25) is 5.02 Å². The van der Waals surface area contributed by atoms with Crippen LogP contribution in [0.15, 0.2) is 59.5 Å². The molecule has 4 aromatic rings. The predicted octanol–water partition coefficient (Wildman–Crippen LogP) is 3.36. The third kappa shape index (κ3) is 3.21. The first-order valence-electron chi connectivity index (χ1n) is 9.69. The Labute approximate surface area is 179 Å². The maximum absolute atomic E-state index is 13.0. The Hall–Kier alpha value is -2.68. The van der Waals surface area contributed by atoms with Crippen molar-refractivity contribution < 1.29 is 8.42 Å². The maximum Gasteiger partial charge on any atom is 0.243 e. The average Bonchev–Trinajstić information content (AvgIpc) is 3.14. The maximum atomic E-state index is 13.0. The summed E-state index contributed by atoms with van der Waals surface area (Å²) in [6.07, 6.45) is 0. The minimum atomic E-state index is -3.54. The summed E-state index contributed by atoms with van der Waals surface area (Å²) >= 11 is 5.90. The minimum absolute atomic E-state index is 0.264. The first-order valence-corrected chi connectivity index (χ1v) is 11.5. The van der Waals surface area contributed by atoms with Crippen molar-refractivity contribution in [3.05, 3.63) is 65.3 Å². The fourth-order valence-electron chi connectivity index (χ4n) is 3.90. The number of piperazine rings is 1. The lowest BCUT2D eigenvalue weighted by Crippen LogP contribution is -2.49. The number of hydrogen-bond donors (Lipinski definition) is 0. The fraction of sp³-hybridized carbons (Fsp3) is 0.238. The highest BCUT2D eigenvalue weighted by Gasteiger charge is 2.29. The van der Waals surface area contributed by atoms with Crippen molar-refractivity contribution in [2.45, 2.75) is 11.8 Å². The van der Waals surface area contributed by atoms with Crippen LogP contribution in [-0.4, -0.2) is 53.5 Å². The normalized spacial score (nSPS) is 15.9. The van der Waals surface area contributed by atoms with Gasteiger partial charge in [-0.15, -0.1) is 0 Å². The van der Waals surface area contributed by atoms with Crippen LogP contribution in [0.5, 0.6) is 0 Å². The number of nitrogens with zero attached hydrogens (tertiary/aromatic N) is 5. The van der Waals surface area contributed by atoms with Gasteiger partial charge in [-0.3, -0.25) is 0 Å². The van der Waals surface area contributed by atoms with Crippen LogP contribution in [0, 0.1) is 6.92 Å². The van der Waals surface area contributed by atoms with Gasteiger partial charge in [0.15, 0.2) is 5.65 Å². The van der Waals surface area contributed by atoms with Gasteiger partial charge in [0.25, 0.3) is 0 Å². The van der Waals surface area contributed by atoms with Gasteiger partial charge in [0.05, 0.1) is 16.1 Å². The van der Waals surface area contributed by atoms with E-state index in [0.29, 0.717) is 31.2 Å². The minimum Gasteiger partial charge on any atom is -0.353 e. The van der Waals surface area contributed by atoms with Gasteiger partial charge >= 0.3 is 0 Å². The van der Waals surface area contributed by atoms with Crippen molar-refractivity contribution in [3.8, 4) is 0 Å². The Morgan fingerprint density at radius 2 is 1.67 bits per heavy atom. The Kier molecular flexibility index (Phi) is 4.65. The van der Waals surface area contributed by atoms with Gasteiger partial charge < -0.3 is 4.90 Å². The van der Waals surface area contributed by atoms with Crippen LogP contribution in [0.25, 0.3) is 16.6 Å². The summed E-state index contributed by atoms with van der Waals surface area (Å²) in [5.74, 6) is 0.863. The number of aromatic nitrogens is 3. The summed E-state index contributed by atoms with van der Waals surface area (Å²) < 4.78 is 29.3. The number of anilines is 1. The van der Waals surface area contributed by atoms with Gasteiger partial charge in [0.1, 0.15) is 5.82 Å². The lowest BCUT2D eigenvalue weighted by molar-refractivity contribution is 0.384. The second kappa shape index (κ2) is 7.23. The Morgan fingerprint density at radius 1 is 0.967 bits per heavy atom. The lowest BCUT2D eigenvalue weighted by Gasteiger charge is -2.35. The standard InChI is InChI=1S/C21H20ClN5O2S/c1-15-14-20-23-21(18-4-2-3-5-19(18)27(20)24-15)25-10-12-26(13-11-25)30(28,29)17-8-6-16(22)7-9-17/h2-9,14H,10-13H2,1H3.